The van der Waals surface area contributed by atoms with Crippen molar-refractivity contribution in [1.82, 2.24) is 24.9 Å². The van der Waals surface area contributed by atoms with Crippen molar-refractivity contribution in [2.75, 3.05) is 18.4 Å². The molecular weight excluding hydrogens is 344 g/mol. The number of aromatic nitrogens is 4. The number of nitrogens with zero attached hydrogens (tertiary/aromatic N) is 5. The Hall–Kier alpha value is -2.64. The minimum atomic E-state index is -0.453. The zero-order valence-electron chi connectivity index (χ0n) is 16.4. The van der Waals surface area contributed by atoms with Crippen LogP contribution in [0, 0.1) is 18.8 Å². The van der Waals surface area contributed by atoms with E-state index < -0.39 is 5.60 Å². The summed E-state index contributed by atoms with van der Waals surface area (Å²) in [7, 11) is 1.90. The first-order valence-electron chi connectivity index (χ1n) is 9.30. The zero-order chi connectivity index (χ0) is 19.3. The third-order valence-electron chi connectivity index (χ3n) is 5.11. The lowest BCUT2D eigenvalue weighted by Crippen LogP contribution is -2.38. The smallest absolute Gasteiger partial charge is 0.410 e. The minimum Gasteiger partial charge on any atom is -0.444 e. The van der Waals surface area contributed by atoms with E-state index in [1.54, 1.807) is 9.58 Å². The number of ether oxygens (including phenoxy) is 1. The normalized spacial score (nSPS) is 23.9. The molecule has 0 spiro atoms. The van der Waals surface area contributed by atoms with Gasteiger partial charge in [-0.05, 0) is 39.8 Å². The van der Waals surface area contributed by atoms with Crippen LogP contribution >= 0.6 is 0 Å². The van der Waals surface area contributed by atoms with Crippen molar-refractivity contribution in [3.05, 3.63) is 24.0 Å². The highest BCUT2D eigenvalue weighted by Crippen LogP contribution is 2.47. The van der Waals surface area contributed by atoms with Crippen molar-refractivity contribution in [1.29, 1.82) is 0 Å². The van der Waals surface area contributed by atoms with Gasteiger partial charge in [0, 0.05) is 49.8 Å². The van der Waals surface area contributed by atoms with E-state index >= 15 is 0 Å². The summed E-state index contributed by atoms with van der Waals surface area (Å²) >= 11 is 0. The number of anilines is 1. The van der Waals surface area contributed by atoms with Crippen LogP contribution < -0.4 is 5.32 Å². The van der Waals surface area contributed by atoms with E-state index in [1.807, 2.05) is 53.1 Å². The summed E-state index contributed by atoms with van der Waals surface area (Å²) in [6.45, 7) is 9.10. The summed E-state index contributed by atoms with van der Waals surface area (Å²) in [6, 6.07) is 4.27. The molecular formula is C19H26N6O2. The van der Waals surface area contributed by atoms with Crippen molar-refractivity contribution >= 4 is 11.9 Å². The number of carbonyl (C=O) groups is 1. The number of amides is 1. The topological polar surface area (TPSA) is 85.2 Å². The fourth-order valence-electron chi connectivity index (χ4n) is 3.79. The number of aryl methyl sites for hydroxylation is 2. The van der Waals surface area contributed by atoms with E-state index in [1.165, 1.54) is 0 Å². The maximum absolute atomic E-state index is 12.1. The first kappa shape index (κ1) is 17.8. The zero-order valence-corrected chi connectivity index (χ0v) is 16.4. The molecule has 1 aliphatic carbocycles. The quantitative estimate of drug-likeness (QED) is 0.893. The number of carbonyl (C=O) groups excluding carboxylic acids is 1. The Morgan fingerprint density at radius 1 is 1.22 bits per heavy atom. The Morgan fingerprint density at radius 3 is 2.44 bits per heavy atom. The highest BCUT2D eigenvalue weighted by atomic mass is 16.6. The Kier molecular flexibility index (Phi) is 4.09. The summed E-state index contributed by atoms with van der Waals surface area (Å²) < 4.78 is 7.23. The summed E-state index contributed by atoms with van der Waals surface area (Å²) in [6.07, 6.45) is 1.73. The molecule has 1 amide bonds. The van der Waals surface area contributed by atoms with E-state index in [0.29, 0.717) is 17.9 Å². The van der Waals surface area contributed by atoms with Gasteiger partial charge in [-0.2, -0.15) is 5.10 Å². The monoisotopic (exact) mass is 370 g/mol. The fourth-order valence-corrected chi connectivity index (χ4v) is 3.79. The van der Waals surface area contributed by atoms with Gasteiger partial charge >= 0.3 is 6.09 Å². The van der Waals surface area contributed by atoms with Crippen molar-refractivity contribution in [2.24, 2.45) is 18.9 Å². The molecule has 0 unspecified atom stereocenters. The molecule has 27 heavy (non-hydrogen) atoms. The number of hydrogen-bond donors (Lipinski definition) is 1. The van der Waals surface area contributed by atoms with E-state index in [4.69, 9.17) is 4.74 Å². The van der Waals surface area contributed by atoms with Gasteiger partial charge in [0.15, 0.2) is 0 Å². The predicted octanol–water partition coefficient (Wildman–Crippen LogP) is 2.46. The van der Waals surface area contributed by atoms with Crippen LogP contribution in [0.25, 0.3) is 11.3 Å². The molecule has 0 aromatic carbocycles. The summed E-state index contributed by atoms with van der Waals surface area (Å²) in [5.41, 5.74) is 2.29. The van der Waals surface area contributed by atoms with Gasteiger partial charge in [0.1, 0.15) is 11.4 Å². The largest absolute Gasteiger partial charge is 0.444 e. The van der Waals surface area contributed by atoms with Gasteiger partial charge in [-0.1, -0.05) is 0 Å². The number of fused-ring (bicyclic) bond motifs is 1. The standard InChI is InChI=1S/C19H26N6O2/c1-11-12(8-24(5)23-11)15-6-7-16(22-21-15)20-17-13-9-25(10-14(13)17)18(26)27-19(2,3)4/h6-8,13-14,17H,9-10H2,1-5H3,(H,20,22)/t13-,14+,17+. The molecule has 0 bridgehead atoms. The molecule has 144 valence electrons. The van der Waals surface area contributed by atoms with E-state index in [-0.39, 0.29) is 6.09 Å². The summed E-state index contributed by atoms with van der Waals surface area (Å²) in [5, 5.41) is 16.4. The van der Waals surface area contributed by atoms with E-state index in [9.17, 15) is 4.79 Å². The van der Waals surface area contributed by atoms with Crippen LogP contribution in [0.3, 0.4) is 0 Å². The molecule has 1 saturated heterocycles. The molecule has 8 nitrogen and oxygen atoms in total. The van der Waals surface area contributed by atoms with Crippen LogP contribution in [0.4, 0.5) is 10.6 Å². The summed E-state index contributed by atoms with van der Waals surface area (Å²) in [4.78, 5) is 14.0. The number of hydrogen-bond acceptors (Lipinski definition) is 6. The Morgan fingerprint density at radius 2 is 1.93 bits per heavy atom. The van der Waals surface area contributed by atoms with Crippen LogP contribution in [-0.4, -0.2) is 55.7 Å². The second-order valence-electron chi connectivity index (χ2n) is 8.49. The molecule has 2 fully saturated rings. The molecule has 0 radical (unpaired) electrons. The van der Waals surface area contributed by atoms with Crippen molar-refractivity contribution in [2.45, 2.75) is 39.3 Å². The van der Waals surface area contributed by atoms with Gasteiger partial charge in [-0.25, -0.2) is 4.79 Å². The van der Waals surface area contributed by atoms with Gasteiger partial charge in [0.2, 0.25) is 0 Å². The number of piperidine rings is 1. The second-order valence-corrected chi connectivity index (χ2v) is 8.49. The van der Waals surface area contributed by atoms with Gasteiger partial charge < -0.3 is 15.0 Å². The molecule has 2 aliphatic rings. The molecule has 3 atom stereocenters. The number of nitrogens with one attached hydrogen (secondary N) is 1. The average molecular weight is 370 g/mol. The van der Waals surface area contributed by atoms with Crippen molar-refractivity contribution < 1.29 is 9.53 Å². The van der Waals surface area contributed by atoms with Crippen molar-refractivity contribution in [3.8, 4) is 11.3 Å². The third-order valence-corrected chi connectivity index (χ3v) is 5.11. The van der Waals surface area contributed by atoms with Gasteiger partial charge in [-0.3, -0.25) is 4.68 Å². The lowest BCUT2D eigenvalue weighted by molar-refractivity contribution is 0.0272. The first-order chi connectivity index (χ1) is 12.7. The summed E-state index contributed by atoms with van der Waals surface area (Å²) in [5.74, 6) is 1.68. The maximum Gasteiger partial charge on any atom is 0.410 e. The molecule has 4 rings (SSSR count). The molecule has 1 saturated carbocycles. The number of rotatable bonds is 3. The van der Waals surface area contributed by atoms with Crippen LogP contribution in [0.15, 0.2) is 18.3 Å². The second kappa shape index (κ2) is 6.21. The molecule has 1 N–H and O–H groups in total. The molecule has 2 aromatic heterocycles. The van der Waals surface area contributed by atoms with Crippen molar-refractivity contribution in [3.63, 3.8) is 0 Å². The predicted molar refractivity (Wildman–Crippen MR) is 101 cm³/mol. The van der Waals surface area contributed by atoms with Gasteiger partial charge in [0.05, 0.1) is 11.4 Å². The van der Waals surface area contributed by atoms with Crippen LogP contribution in [0.2, 0.25) is 0 Å². The molecule has 1 aliphatic heterocycles. The van der Waals surface area contributed by atoms with Crippen LogP contribution in [0.1, 0.15) is 26.5 Å². The van der Waals surface area contributed by atoms with Crippen LogP contribution in [0.5, 0.6) is 0 Å². The third kappa shape index (κ3) is 3.61. The average Bonchev–Trinajstić information content (AvgIpc) is 2.93. The first-order valence-corrected chi connectivity index (χ1v) is 9.30. The van der Waals surface area contributed by atoms with Gasteiger partial charge in [0.25, 0.3) is 0 Å². The molecule has 8 heteroatoms. The number of likely N-dealkylation sites (tertiary alicyclic amines) is 1. The SMILES string of the molecule is Cc1nn(C)cc1-c1ccc(N[C@H]2[C@@H]3CN(C(=O)OC(C)(C)C)C[C@@H]32)nn1. The van der Waals surface area contributed by atoms with E-state index in [2.05, 4.69) is 20.6 Å². The highest BCUT2D eigenvalue weighted by Gasteiger charge is 2.57. The molecule has 2 aromatic rings. The lowest BCUT2D eigenvalue weighted by Gasteiger charge is -2.26. The Labute approximate surface area is 158 Å². The molecule has 3 heterocycles. The highest BCUT2D eigenvalue weighted by molar-refractivity contribution is 5.69. The Bertz CT molecular complexity index is 842. The lowest BCUT2D eigenvalue weighted by atomic mass is 10.2. The van der Waals surface area contributed by atoms with Crippen LogP contribution in [-0.2, 0) is 11.8 Å². The maximum atomic E-state index is 12.1. The van der Waals surface area contributed by atoms with E-state index in [0.717, 1.165) is 35.9 Å². The minimum absolute atomic E-state index is 0.218. The Balaban J connectivity index is 1.32. The van der Waals surface area contributed by atoms with Gasteiger partial charge in [-0.15, -0.1) is 10.2 Å². The fraction of sp³-hybridized carbons (Fsp3) is 0.579.